The predicted molar refractivity (Wildman–Crippen MR) is 69.5 cm³/mol. The predicted octanol–water partition coefficient (Wildman–Crippen LogP) is 2.24. The highest BCUT2D eigenvalue weighted by Gasteiger charge is 2.57. The van der Waals surface area contributed by atoms with E-state index >= 15 is 0 Å². The Morgan fingerprint density at radius 1 is 1.22 bits per heavy atom. The zero-order valence-electron chi connectivity index (χ0n) is 10.4. The molecule has 1 saturated heterocycles. The van der Waals surface area contributed by atoms with E-state index in [9.17, 15) is 9.90 Å². The van der Waals surface area contributed by atoms with Gasteiger partial charge in [-0.2, -0.15) is 0 Å². The van der Waals surface area contributed by atoms with Crippen molar-refractivity contribution in [2.75, 3.05) is 13.1 Å². The quantitative estimate of drug-likeness (QED) is 0.858. The molecule has 1 aromatic rings. The molecule has 1 aliphatic carbocycles. The zero-order chi connectivity index (χ0) is 12.6. The molecule has 0 spiro atoms. The summed E-state index contributed by atoms with van der Waals surface area (Å²) in [6.45, 7) is 1.68. The lowest BCUT2D eigenvalue weighted by atomic mass is 9.73. The van der Waals surface area contributed by atoms with Crippen molar-refractivity contribution in [3.63, 3.8) is 0 Å². The number of carboxylic acids is 1. The fourth-order valence-corrected chi connectivity index (χ4v) is 3.49. The van der Waals surface area contributed by atoms with Gasteiger partial charge in [0, 0.05) is 0 Å². The summed E-state index contributed by atoms with van der Waals surface area (Å²) in [5, 5.41) is 12.9. The van der Waals surface area contributed by atoms with E-state index in [1.54, 1.807) is 0 Å². The summed E-state index contributed by atoms with van der Waals surface area (Å²) >= 11 is 0. The number of hydrogen-bond acceptors (Lipinski definition) is 2. The van der Waals surface area contributed by atoms with Crippen LogP contribution in [0, 0.1) is 11.3 Å². The lowest BCUT2D eigenvalue weighted by molar-refractivity contribution is -0.152. The highest BCUT2D eigenvalue weighted by atomic mass is 16.4. The lowest BCUT2D eigenvalue weighted by Gasteiger charge is -2.34. The third-order valence-electron chi connectivity index (χ3n) is 4.65. The largest absolute Gasteiger partial charge is 0.481 e. The molecule has 0 aromatic heterocycles. The fraction of sp³-hybridized carbons (Fsp3) is 0.533. The van der Waals surface area contributed by atoms with Crippen LogP contribution in [-0.2, 0) is 4.79 Å². The average molecular weight is 245 g/mol. The second kappa shape index (κ2) is 4.39. The molecule has 1 saturated carbocycles. The van der Waals surface area contributed by atoms with Gasteiger partial charge in [-0.15, -0.1) is 0 Å². The molecular formula is C15H19NO2. The Kier molecular flexibility index (Phi) is 2.86. The van der Waals surface area contributed by atoms with E-state index in [1.165, 1.54) is 5.56 Å². The van der Waals surface area contributed by atoms with Gasteiger partial charge in [0.25, 0.3) is 0 Å². The fourth-order valence-electron chi connectivity index (χ4n) is 3.49. The second-order valence-corrected chi connectivity index (χ2v) is 5.57. The standard InChI is InChI=1S/C15H19NO2/c17-14(18)15(6-8-16-9-7-15)13-10-12(13)11-4-2-1-3-5-11/h1-5,12-13,16H,6-10H2,(H,17,18). The van der Waals surface area contributed by atoms with Crippen molar-refractivity contribution >= 4 is 5.97 Å². The van der Waals surface area contributed by atoms with Crippen LogP contribution >= 0.6 is 0 Å². The normalized spacial score (nSPS) is 29.8. The smallest absolute Gasteiger partial charge is 0.310 e. The summed E-state index contributed by atoms with van der Waals surface area (Å²) < 4.78 is 0. The van der Waals surface area contributed by atoms with Gasteiger partial charge in [0.05, 0.1) is 5.41 Å². The molecule has 1 aliphatic heterocycles. The minimum atomic E-state index is -0.590. The number of nitrogens with one attached hydrogen (secondary N) is 1. The number of piperidine rings is 1. The number of carboxylic acid groups (broad SMARTS) is 1. The van der Waals surface area contributed by atoms with Gasteiger partial charge in [0.15, 0.2) is 0 Å². The molecule has 96 valence electrons. The van der Waals surface area contributed by atoms with Crippen LogP contribution in [0.3, 0.4) is 0 Å². The first-order valence-electron chi connectivity index (χ1n) is 6.73. The van der Waals surface area contributed by atoms with Gasteiger partial charge in [-0.1, -0.05) is 30.3 Å². The summed E-state index contributed by atoms with van der Waals surface area (Å²) in [5.74, 6) is 0.201. The van der Waals surface area contributed by atoms with Crippen LogP contribution in [0.15, 0.2) is 30.3 Å². The number of hydrogen-bond donors (Lipinski definition) is 2. The Balaban J connectivity index is 1.81. The summed E-state index contributed by atoms with van der Waals surface area (Å²) in [4.78, 5) is 11.7. The third-order valence-corrected chi connectivity index (χ3v) is 4.65. The van der Waals surface area contributed by atoms with Gasteiger partial charge in [-0.05, 0) is 49.8 Å². The van der Waals surface area contributed by atoms with E-state index in [2.05, 4.69) is 17.4 Å². The molecule has 0 bridgehead atoms. The highest BCUT2D eigenvalue weighted by molar-refractivity contribution is 5.76. The number of aliphatic carboxylic acids is 1. The molecule has 3 nitrogen and oxygen atoms in total. The maximum Gasteiger partial charge on any atom is 0.310 e. The summed E-state index contributed by atoms with van der Waals surface area (Å²) in [6, 6.07) is 10.3. The van der Waals surface area contributed by atoms with Crippen molar-refractivity contribution < 1.29 is 9.90 Å². The van der Waals surface area contributed by atoms with Crippen LogP contribution in [0.25, 0.3) is 0 Å². The molecule has 2 N–H and O–H groups in total. The molecule has 1 heterocycles. The van der Waals surface area contributed by atoms with Crippen LogP contribution < -0.4 is 5.32 Å². The van der Waals surface area contributed by atoms with E-state index in [4.69, 9.17) is 0 Å². The van der Waals surface area contributed by atoms with Crippen molar-refractivity contribution in [1.29, 1.82) is 0 Å². The van der Waals surface area contributed by atoms with Crippen molar-refractivity contribution in [1.82, 2.24) is 5.32 Å². The topological polar surface area (TPSA) is 49.3 Å². The van der Waals surface area contributed by atoms with Crippen LogP contribution in [0.4, 0.5) is 0 Å². The first-order chi connectivity index (χ1) is 8.74. The molecule has 2 aliphatic rings. The Morgan fingerprint density at radius 3 is 2.50 bits per heavy atom. The zero-order valence-corrected chi connectivity index (χ0v) is 10.4. The number of rotatable bonds is 3. The minimum absolute atomic E-state index is 0.333. The van der Waals surface area contributed by atoms with Crippen molar-refractivity contribution in [3.05, 3.63) is 35.9 Å². The maximum absolute atomic E-state index is 11.7. The SMILES string of the molecule is O=C(O)C1(C2CC2c2ccccc2)CCNCC1. The molecule has 18 heavy (non-hydrogen) atoms. The molecule has 3 heteroatoms. The molecule has 0 amide bonds. The van der Waals surface area contributed by atoms with Crippen LogP contribution in [0.1, 0.15) is 30.7 Å². The summed E-state index contributed by atoms with van der Waals surface area (Å²) in [6.07, 6.45) is 2.59. The first-order valence-corrected chi connectivity index (χ1v) is 6.73. The Hall–Kier alpha value is -1.35. The van der Waals surface area contributed by atoms with Crippen molar-refractivity contribution in [3.8, 4) is 0 Å². The van der Waals surface area contributed by atoms with Gasteiger partial charge < -0.3 is 10.4 Å². The highest BCUT2D eigenvalue weighted by Crippen LogP contribution is 2.60. The molecular weight excluding hydrogens is 226 g/mol. The summed E-state index contributed by atoms with van der Waals surface area (Å²) in [7, 11) is 0. The van der Waals surface area contributed by atoms with Crippen LogP contribution in [0.5, 0.6) is 0 Å². The van der Waals surface area contributed by atoms with Crippen LogP contribution in [0.2, 0.25) is 0 Å². The van der Waals surface area contributed by atoms with E-state index in [0.29, 0.717) is 11.8 Å². The number of benzene rings is 1. The van der Waals surface area contributed by atoms with Crippen LogP contribution in [-0.4, -0.2) is 24.2 Å². The Morgan fingerprint density at radius 2 is 1.89 bits per heavy atom. The summed E-state index contributed by atoms with van der Waals surface area (Å²) in [5.41, 5.74) is 0.827. The van der Waals surface area contributed by atoms with Gasteiger partial charge in [-0.25, -0.2) is 0 Å². The first kappa shape index (κ1) is 11.7. The lowest BCUT2D eigenvalue weighted by Crippen LogP contribution is -2.44. The minimum Gasteiger partial charge on any atom is -0.481 e. The Bertz CT molecular complexity index is 437. The second-order valence-electron chi connectivity index (χ2n) is 5.57. The van der Waals surface area contributed by atoms with E-state index in [1.807, 2.05) is 18.2 Å². The maximum atomic E-state index is 11.7. The Labute approximate surface area is 107 Å². The molecule has 2 unspecified atom stereocenters. The van der Waals surface area contributed by atoms with E-state index in [-0.39, 0.29) is 0 Å². The average Bonchev–Trinajstić information content (AvgIpc) is 3.21. The monoisotopic (exact) mass is 245 g/mol. The van der Waals surface area contributed by atoms with Crippen molar-refractivity contribution in [2.45, 2.75) is 25.2 Å². The van der Waals surface area contributed by atoms with E-state index in [0.717, 1.165) is 32.4 Å². The van der Waals surface area contributed by atoms with Gasteiger partial charge in [0.1, 0.15) is 0 Å². The molecule has 0 radical (unpaired) electrons. The molecule has 1 aromatic carbocycles. The van der Waals surface area contributed by atoms with Gasteiger partial charge >= 0.3 is 5.97 Å². The van der Waals surface area contributed by atoms with Gasteiger partial charge in [0.2, 0.25) is 0 Å². The van der Waals surface area contributed by atoms with Gasteiger partial charge in [-0.3, -0.25) is 4.79 Å². The van der Waals surface area contributed by atoms with Crippen molar-refractivity contribution in [2.24, 2.45) is 11.3 Å². The van der Waals surface area contributed by atoms with E-state index < -0.39 is 11.4 Å². The molecule has 2 atom stereocenters. The molecule has 2 fully saturated rings. The molecule has 3 rings (SSSR count). The third kappa shape index (κ3) is 1.83. The number of carbonyl (C=O) groups is 1.